The van der Waals surface area contributed by atoms with E-state index in [-0.39, 0.29) is 5.56 Å². The average Bonchev–Trinajstić information content (AvgIpc) is 2.54. The van der Waals surface area contributed by atoms with Gasteiger partial charge in [0.1, 0.15) is 0 Å². The van der Waals surface area contributed by atoms with Crippen molar-refractivity contribution < 1.29 is 0 Å². The van der Waals surface area contributed by atoms with Gasteiger partial charge < -0.3 is 0 Å². The zero-order valence-corrected chi connectivity index (χ0v) is 13.8. The van der Waals surface area contributed by atoms with Crippen molar-refractivity contribution in [2.24, 2.45) is 0 Å². The largest absolute Gasteiger partial charge is 0.268 e. The van der Waals surface area contributed by atoms with Crippen LogP contribution in [0, 0.1) is 13.8 Å². The molecular formula is C19H17ClN2O. The maximum absolute atomic E-state index is 12.1. The van der Waals surface area contributed by atoms with Crippen LogP contribution in [-0.4, -0.2) is 9.78 Å². The Balaban J connectivity index is 2.05. The zero-order chi connectivity index (χ0) is 16.4. The number of aryl methyl sites for hydroxylation is 2. The fourth-order valence-corrected chi connectivity index (χ4v) is 2.70. The summed E-state index contributed by atoms with van der Waals surface area (Å²) in [6, 6.07) is 17.0. The summed E-state index contributed by atoms with van der Waals surface area (Å²) in [6.07, 6.45) is 0. The van der Waals surface area contributed by atoms with E-state index < -0.39 is 0 Å². The molecule has 0 unspecified atom stereocenters. The second kappa shape index (κ2) is 6.39. The van der Waals surface area contributed by atoms with Crippen LogP contribution < -0.4 is 5.56 Å². The van der Waals surface area contributed by atoms with Crippen LogP contribution in [0.5, 0.6) is 0 Å². The highest BCUT2D eigenvalue weighted by Crippen LogP contribution is 2.22. The van der Waals surface area contributed by atoms with Crippen LogP contribution in [0.2, 0.25) is 5.02 Å². The highest BCUT2D eigenvalue weighted by molar-refractivity contribution is 6.31. The fraction of sp³-hybridized carbons (Fsp3) is 0.158. The Bertz CT molecular complexity index is 915. The van der Waals surface area contributed by atoms with E-state index in [4.69, 9.17) is 11.6 Å². The lowest BCUT2D eigenvalue weighted by molar-refractivity contribution is 0.642. The summed E-state index contributed by atoms with van der Waals surface area (Å²) >= 11 is 6.19. The first-order valence-electron chi connectivity index (χ1n) is 7.44. The molecule has 0 bridgehead atoms. The molecule has 2 aromatic carbocycles. The summed E-state index contributed by atoms with van der Waals surface area (Å²) in [5.41, 5.74) is 4.86. The molecule has 3 aromatic rings. The number of rotatable bonds is 3. The van der Waals surface area contributed by atoms with Crippen LogP contribution in [0.1, 0.15) is 16.7 Å². The number of aromatic nitrogens is 2. The normalized spacial score (nSPS) is 10.7. The van der Waals surface area contributed by atoms with Crippen molar-refractivity contribution in [3.63, 3.8) is 0 Å². The average molecular weight is 325 g/mol. The summed E-state index contributed by atoms with van der Waals surface area (Å²) in [6.45, 7) is 4.44. The first-order chi connectivity index (χ1) is 11.0. The number of hydrogen-bond acceptors (Lipinski definition) is 2. The van der Waals surface area contributed by atoms with Gasteiger partial charge in [-0.2, -0.15) is 5.10 Å². The Morgan fingerprint density at radius 1 is 1.04 bits per heavy atom. The van der Waals surface area contributed by atoms with Gasteiger partial charge in [0.15, 0.2) is 0 Å². The van der Waals surface area contributed by atoms with E-state index in [2.05, 4.69) is 23.3 Å². The highest BCUT2D eigenvalue weighted by atomic mass is 35.5. The molecule has 0 N–H and O–H groups in total. The van der Waals surface area contributed by atoms with Crippen LogP contribution in [0.3, 0.4) is 0 Å². The quantitative estimate of drug-likeness (QED) is 0.722. The molecule has 3 rings (SSSR count). The molecule has 116 valence electrons. The van der Waals surface area contributed by atoms with E-state index in [1.54, 1.807) is 12.1 Å². The lowest BCUT2D eigenvalue weighted by atomic mass is 10.0. The van der Waals surface area contributed by atoms with Gasteiger partial charge in [-0.25, -0.2) is 4.68 Å². The van der Waals surface area contributed by atoms with Crippen LogP contribution >= 0.6 is 11.6 Å². The topological polar surface area (TPSA) is 34.9 Å². The first-order valence-corrected chi connectivity index (χ1v) is 7.81. The van der Waals surface area contributed by atoms with Crippen LogP contribution in [0.25, 0.3) is 11.3 Å². The molecule has 0 atom stereocenters. The summed E-state index contributed by atoms with van der Waals surface area (Å²) in [5.74, 6) is 0. The molecule has 0 amide bonds. The Kier molecular flexibility index (Phi) is 4.30. The van der Waals surface area contributed by atoms with Gasteiger partial charge in [0.2, 0.25) is 0 Å². The molecule has 0 saturated carbocycles. The molecule has 0 aliphatic carbocycles. The van der Waals surface area contributed by atoms with Crippen LogP contribution in [0.15, 0.2) is 59.4 Å². The Morgan fingerprint density at radius 3 is 2.61 bits per heavy atom. The minimum atomic E-state index is -0.140. The number of benzene rings is 2. The van der Waals surface area contributed by atoms with Crippen molar-refractivity contribution in [1.29, 1.82) is 0 Å². The van der Waals surface area contributed by atoms with Gasteiger partial charge in [-0.1, -0.05) is 47.5 Å². The fourth-order valence-electron chi connectivity index (χ4n) is 2.51. The third-order valence-electron chi connectivity index (χ3n) is 3.81. The van der Waals surface area contributed by atoms with Crippen LogP contribution in [-0.2, 0) is 6.54 Å². The summed E-state index contributed by atoms with van der Waals surface area (Å²) in [5, 5.41) is 5.16. The first kappa shape index (κ1) is 15.5. The number of halogens is 1. The SMILES string of the molecule is Cc1ccc(C)c(-c2ccc(=O)n(Cc3ccccc3Cl)n2)c1. The third-order valence-corrected chi connectivity index (χ3v) is 4.18. The van der Waals surface area contributed by atoms with E-state index in [0.717, 1.165) is 27.9 Å². The van der Waals surface area contributed by atoms with Gasteiger partial charge in [-0.3, -0.25) is 4.79 Å². The minimum Gasteiger partial charge on any atom is -0.268 e. The third kappa shape index (κ3) is 3.35. The lowest BCUT2D eigenvalue weighted by Gasteiger charge is -2.10. The van der Waals surface area contributed by atoms with Gasteiger partial charge in [0.05, 0.1) is 12.2 Å². The second-order valence-corrected chi connectivity index (χ2v) is 6.03. The van der Waals surface area contributed by atoms with Crippen molar-refractivity contribution in [3.05, 3.63) is 86.7 Å². The van der Waals surface area contributed by atoms with Crippen molar-refractivity contribution in [3.8, 4) is 11.3 Å². The Morgan fingerprint density at radius 2 is 1.83 bits per heavy atom. The minimum absolute atomic E-state index is 0.140. The highest BCUT2D eigenvalue weighted by Gasteiger charge is 2.08. The second-order valence-electron chi connectivity index (χ2n) is 5.62. The van der Waals surface area contributed by atoms with Gasteiger partial charge in [-0.05, 0) is 43.2 Å². The molecule has 0 aliphatic heterocycles. The number of nitrogens with zero attached hydrogens (tertiary/aromatic N) is 2. The summed E-state index contributed by atoms with van der Waals surface area (Å²) in [7, 11) is 0. The van der Waals surface area contributed by atoms with Gasteiger partial charge >= 0.3 is 0 Å². The molecule has 0 aliphatic rings. The van der Waals surface area contributed by atoms with E-state index in [1.165, 1.54) is 4.68 Å². The lowest BCUT2D eigenvalue weighted by Crippen LogP contribution is -2.23. The number of hydrogen-bond donors (Lipinski definition) is 0. The molecular weight excluding hydrogens is 308 g/mol. The zero-order valence-electron chi connectivity index (χ0n) is 13.1. The van der Waals surface area contributed by atoms with Crippen molar-refractivity contribution >= 4 is 11.6 Å². The van der Waals surface area contributed by atoms with Crippen molar-refractivity contribution in [2.45, 2.75) is 20.4 Å². The molecule has 23 heavy (non-hydrogen) atoms. The summed E-state index contributed by atoms with van der Waals surface area (Å²) in [4.78, 5) is 12.1. The molecule has 4 heteroatoms. The molecule has 0 radical (unpaired) electrons. The smallest absolute Gasteiger partial charge is 0.267 e. The predicted molar refractivity (Wildman–Crippen MR) is 94.0 cm³/mol. The van der Waals surface area contributed by atoms with E-state index in [9.17, 15) is 4.79 Å². The molecule has 1 heterocycles. The predicted octanol–water partition coefficient (Wildman–Crippen LogP) is 4.23. The Hall–Kier alpha value is -2.39. The van der Waals surface area contributed by atoms with E-state index in [0.29, 0.717) is 11.6 Å². The van der Waals surface area contributed by atoms with Crippen LogP contribution in [0.4, 0.5) is 0 Å². The van der Waals surface area contributed by atoms with Gasteiger partial charge in [0.25, 0.3) is 5.56 Å². The molecule has 0 saturated heterocycles. The van der Waals surface area contributed by atoms with E-state index in [1.807, 2.05) is 38.1 Å². The standard InChI is InChI=1S/C19H17ClN2O/c1-13-7-8-14(2)16(11-13)18-9-10-19(23)22(21-18)12-15-5-3-4-6-17(15)20/h3-11H,12H2,1-2H3. The Labute approximate surface area is 140 Å². The van der Waals surface area contributed by atoms with Crippen molar-refractivity contribution in [2.75, 3.05) is 0 Å². The molecule has 0 fully saturated rings. The molecule has 0 spiro atoms. The molecule has 1 aromatic heterocycles. The van der Waals surface area contributed by atoms with Gasteiger partial charge in [0, 0.05) is 16.7 Å². The summed E-state index contributed by atoms with van der Waals surface area (Å²) < 4.78 is 1.46. The van der Waals surface area contributed by atoms with Crippen molar-refractivity contribution in [1.82, 2.24) is 9.78 Å². The monoisotopic (exact) mass is 324 g/mol. The van der Waals surface area contributed by atoms with E-state index >= 15 is 0 Å². The van der Waals surface area contributed by atoms with Gasteiger partial charge in [-0.15, -0.1) is 0 Å². The maximum atomic E-state index is 12.1. The molecule has 3 nitrogen and oxygen atoms in total. The maximum Gasteiger partial charge on any atom is 0.267 e.